The molecule has 7 nitrogen and oxygen atoms in total. The second kappa shape index (κ2) is 16.6. The number of allylic oxidation sites excluding steroid dienone is 8. The summed E-state index contributed by atoms with van der Waals surface area (Å²) >= 11 is 0. The molecule has 254 valence electrons. The van der Waals surface area contributed by atoms with Gasteiger partial charge in [0.2, 0.25) is 0 Å². The van der Waals surface area contributed by atoms with Crippen LogP contribution in [0.2, 0.25) is 0 Å². The third kappa shape index (κ3) is 9.12. The number of aryl methyl sites for hydroxylation is 1. The number of cyclic esters (lactones) is 1. The smallest absolute Gasteiger partial charge is 0.306 e. The predicted octanol–water partition coefficient (Wildman–Crippen LogP) is 8.73. The van der Waals surface area contributed by atoms with Gasteiger partial charge in [-0.1, -0.05) is 80.5 Å². The minimum Gasteiger partial charge on any atom is -0.457 e. The van der Waals surface area contributed by atoms with Crippen molar-refractivity contribution in [3.8, 4) is 6.07 Å². The Kier molecular flexibility index (Phi) is 12.8. The van der Waals surface area contributed by atoms with Crippen LogP contribution in [0.25, 0.3) is 6.08 Å². The number of unbranched alkanes of at least 4 members (excludes halogenated alkanes) is 1. The molecular formula is C40H54N2O5. The number of ether oxygens (including phenoxy) is 2. The van der Waals surface area contributed by atoms with Crippen LogP contribution in [0.15, 0.2) is 70.2 Å². The van der Waals surface area contributed by atoms with Gasteiger partial charge in [0.25, 0.3) is 0 Å². The zero-order valence-electron chi connectivity index (χ0n) is 29.3. The molecule has 1 aromatic rings. The van der Waals surface area contributed by atoms with Crippen molar-refractivity contribution in [1.82, 2.24) is 4.98 Å². The summed E-state index contributed by atoms with van der Waals surface area (Å²) in [7, 11) is 1.75. The minimum absolute atomic E-state index is 0.0335. The number of fused-ring (bicyclic) bond motifs is 3. The Bertz CT molecular complexity index is 1450. The molecule has 2 heterocycles. The number of aliphatic hydroxyl groups excluding tert-OH is 1. The molecule has 1 aliphatic heterocycles. The lowest BCUT2D eigenvalue weighted by molar-refractivity contribution is -0.148. The first kappa shape index (κ1) is 36.4. The average Bonchev–Trinajstić information content (AvgIpc) is 3.41. The summed E-state index contributed by atoms with van der Waals surface area (Å²) in [5, 5.41) is 20.0. The Labute approximate surface area is 281 Å². The van der Waals surface area contributed by atoms with Crippen LogP contribution in [0.4, 0.5) is 0 Å². The van der Waals surface area contributed by atoms with E-state index in [-0.39, 0.29) is 53.5 Å². The van der Waals surface area contributed by atoms with E-state index in [1.165, 1.54) is 5.57 Å². The molecule has 0 amide bonds. The Morgan fingerprint density at radius 3 is 2.74 bits per heavy atom. The molecule has 1 aromatic heterocycles. The Morgan fingerprint density at radius 1 is 1.23 bits per heavy atom. The number of nitriles is 1. The van der Waals surface area contributed by atoms with E-state index in [1.54, 1.807) is 7.11 Å². The molecular weight excluding hydrogens is 588 g/mol. The summed E-state index contributed by atoms with van der Waals surface area (Å²) in [5.41, 5.74) is 2.84. The SMILES string of the molecule is COC1CC(O)C2C(C)=CC3/C=C/C=C/C(C)C(/C=C/c4nc(C(C)CCCC#N)oc4C)OC(=O)CC/C=C(C)\C=C\C3(C)C2C1. The number of hydrogen-bond donors (Lipinski definition) is 1. The van der Waals surface area contributed by atoms with Crippen molar-refractivity contribution in [2.24, 2.45) is 29.1 Å². The third-order valence-electron chi connectivity index (χ3n) is 10.5. The van der Waals surface area contributed by atoms with E-state index >= 15 is 0 Å². The molecule has 1 fully saturated rings. The van der Waals surface area contributed by atoms with Gasteiger partial charge >= 0.3 is 5.97 Å². The number of hydrogen-bond acceptors (Lipinski definition) is 7. The van der Waals surface area contributed by atoms with E-state index < -0.39 is 12.2 Å². The maximum atomic E-state index is 13.0. The van der Waals surface area contributed by atoms with Gasteiger partial charge in [-0.05, 0) is 69.9 Å². The first-order chi connectivity index (χ1) is 22.5. The van der Waals surface area contributed by atoms with Crippen molar-refractivity contribution in [3.63, 3.8) is 0 Å². The van der Waals surface area contributed by atoms with Crippen molar-refractivity contribution in [2.75, 3.05) is 7.11 Å². The lowest BCUT2D eigenvalue weighted by atomic mass is 9.53. The zero-order valence-corrected chi connectivity index (χ0v) is 29.3. The van der Waals surface area contributed by atoms with Crippen LogP contribution in [0.3, 0.4) is 0 Å². The van der Waals surface area contributed by atoms with Gasteiger partial charge in [0.15, 0.2) is 5.89 Å². The molecule has 1 saturated carbocycles. The fourth-order valence-corrected chi connectivity index (χ4v) is 7.44. The molecule has 0 radical (unpaired) electrons. The van der Waals surface area contributed by atoms with E-state index in [0.29, 0.717) is 30.9 Å². The summed E-state index contributed by atoms with van der Waals surface area (Å²) in [6, 6.07) is 2.19. The molecule has 0 spiro atoms. The van der Waals surface area contributed by atoms with Crippen molar-refractivity contribution in [3.05, 3.63) is 83.2 Å². The zero-order chi connectivity index (χ0) is 34.1. The number of methoxy groups -OCH3 is 1. The van der Waals surface area contributed by atoms with Gasteiger partial charge in [-0.3, -0.25) is 4.79 Å². The molecule has 9 atom stereocenters. The average molecular weight is 643 g/mol. The predicted molar refractivity (Wildman–Crippen MR) is 186 cm³/mol. The van der Waals surface area contributed by atoms with Crippen LogP contribution in [-0.4, -0.2) is 41.5 Å². The van der Waals surface area contributed by atoms with Gasteiger partial charge < -0.3 is 19.0 Å². The topological polar surface area (TPSA) is 106 Å². The molecule has 47 heavy (non-hydrogen) atoms. The molecule has 0 bridgehead atoms. The van der Waals surface area contributed by atoms with Gasteiger partial charge in [-0.2, -0.15) is 5.26 Å². The highest BCUT2D eigenvalue weighted by Crippen LogP contribution is 2.54. The van der Waals surface area contributed by atoms with Crippen LogP contribution >= 0.6 is 0 Å². The maximum absolute atomic E-state index is 13.0. The largest absolute Gasteiger partial charge is 0.457 e. The molecule has 4 rings (SSSR count). The molecule has 2 aliphatic carbocycles. The van der Waals surface area contributed by atoms with Crippen LogP contribution < -0.4 is 0 Å². The normalized spacial score (nSPS) is 35.7. The molecule has 9 unspecified atom stereocenters. The number of rotatable bonds is 7. The van der Waals surface area contributed by atoms with E-state index in [0.717, 1.165) is 30.5 Å². The Morgan fingerprint density at radius 2 is 2.00 bits per heavy atom. The van der Waals surface area contributed by atoms with Crippen molar-refractivity contribution in [1.29, 1.82) is 5.26 Å². The van der Waals surface area contributed by atoms with E-state index in [9.17, 15) is 9.90 Å². The highest BCUT2D eigenvalue weighted by atomic mass is 16.5. The lowest BCUT2D eigenvalue weighted by Gasteiger charge is -2.53. The van der Waals surface area contributed by atoms with E-state index in [2.05, 4.69) is 83.2 Å². The Balaban J connectivity index is 1.61. The number of carbonyl (C=O) groups excluding carboxylic acids is 1. The Hall–Kier alpha value is -3.47. The standard InChI is InChI=1S/C40H54N2O5/c1-26-13-12-17-37(44)47-36(19-18-34-30(5)46-39(42-34)28(3)15-10-11-22-41)27(2)14-8-9-16-31-23-29(4)38-33(40(31,6)21-20-26)24-32(45-7)25-35(38)43/h8-9,13-14,16,18-21,23,27-28,31-33,35-36,38,43H,10-12,15,17,24-25H2,1-7H3/b14-8+,16-9+,19-18+,21-20+,26-13-. The van der Waals surface area contributed by atoms with Gasteiger partial charge in [-0.15, -0.1) is 0 Å². The molecule has 0 saturated heterocycles. The molecule has 1 N–H and O–H groups in total. The first-order valence-electron chi connectivity index (χ1n) is 17.3. The van der Waals surface area contributed by atoms with Crippen LogP contribution in [0.1, 0.15) is 103 Å². The third-order valence-corrected chi connectivity index (χ3v) is 10.5. The molecule has 0 aromatic carbocycles. The molecule has 3 aliphatic rings. The summed E-state index contributed by atoms with van der Waals surface area (Å²) < 4.78 is 17.8. The molecule has 7 heteroatoms. The number of aliphatic hydroxyl groups is 1. The van der Waals surface area contributed by atoms with Gasteiger partial charge in [-0.25, -0.2) is 4.98 Å². The van der Waals surface area contributed by atoms with Crippen LogP contribution in [0, 0.1) is 47.3 Å². The minimum atomic E-state index is -0.477. The lowest BCUT2D eigenvalue weighted by Crippen LogP contribution is -2.50. The number of esters is 1. The quantitative estimate of drug-likeness (QED) is 0.180. The van der Waals surface area contributed by atoms with Crippen molar-refractivity contribution < 1.29 is 23.8 Å². The summed E-state index contributed by atoms with van der Waals surface area (Å²) in [6.07, 6.45) is 24.9. The van der Waals surface area contributed by atoms with Crippen LogP contribution in [-0.2, 0) is 14.3 Å². The summed E-state index contributed by atoms with van der Waals surface area (Å²) in [6.45, 7) is 12.5. The van der Waals surface area contributed by atoms with Gasteiger partial charge in [0.05, 0.1) is 18.3 Å². The van der Waals surface area contributed by atoms with Gasteiger partial charge in [0.1, 0.15) is 17.6 Å². The fourth-order valence-electron chi connectivity index (χ4n) is 7.44. The fraction of sp³-hybridized carbons (Fsp3) is 0.575. The second-order valence-corrected chi connectivity index (χ2v) is 14.0. The monoisotopic (exact) mass is 642 g/mol. The van der Waals surface area contributed by atoms with Crippen molar-refractivity contribution in [2.45, 2.75) is 111 Å². The number of oxazole rings is 1. The van der Waals surface area contributed by atoms with E-state index in [4.69, 9.17) is 24.1 Å². The maximum Gasteiger partial charge on any atom is 0.306 e. The summed E-state index contributed by atoms with van der Waals surface area (Å²) in [4.78, 5) is 17.7. The number of carbonyl (C=O) groups is 1. The first-order valence-corrected chi connectivity index (χ1v) is 17.3. The highest BCUT2D eigenvalue weighted by Gasteiger charge is 2.51. The second-order valence-electron chi connectivity index (χ2n) is 14.0. The van der Waals surface area contributed by atoms with E-state index in [1.807, 2.05) is 25.2 Å². The number of aromatic nitrogens is 1. The number of nitrogens with zero attached hydrogens (tertiary/aromatic N) is 2. The van der Waals surface area contributed by atoms with Crippen molar-refractivity contribution >= 4 is 12.0 Å². The highest BCUT2D eigenvalue weighted by molar-refractivity contribution is 5.70. The van der Waals surface area contributed by atoms with Gasteiger partial charge in [0, 0.05) is 50.0 Å². The summed E-state index contributed by atoms with van der Waals surface area (Å²) in [5.74, 6) is 1.63. The van der Waals surface area contributed by atoms with Crippen LogP contribution in [0.5, 0.6) is 0 Å².